The number of ether oxygens (including phenoxy) is 2. The second kappa shape index (κ2) is 12.2. The normalized spacial score (nSPS) is 13.9. The number of carboxylic acids is 1. The van der Waals surface area contributed by atoms with Gasteiger partial charge in [0.05, 0.1) is 13.0 Å². The van der Waals surface area contributed by atoms with Crippen LogP contribution < -0.4 is 9.47 Å². The lowest BCUT2D eigenvalue weighted by Crippen LogP contribution is -2.41. The van der Waals surface area contributed by atoms with E-state index in [1.165, 1.54) is 11.1 Å². The van der Waals surface area contributed by atoms with Crippen LogP contribution in [0.25, 0.3) is 0 Å². The molecule has 0 saturated carbocycles. The summed E-state index contributed by atoms with van der Waals surface area (Å²) in [6, 6.07) is 18.9. The highest BCUT2D eigenvalue weighted by Crippen LogP contribution is 2.22. The van der Waals surface area contributed by atoms with Gasteiger partial charge in [0, 0.05) is 25.0 Å². The summed E-state index contributed by atoms with van der Waals surface area (Å²) in [6.45, 7) is 3.90. The van der Waals surface area contributed by atoms with Crippen molar-refractivity contribution in [3.05, 3.63) is 89.2 Å². The van der Waals surface area contributed by atoms with Gasteiger partial charge in [0.25, 0.3) is 0 Å². The summed E-state index contributed by atoms with van der Waals surface area (Å²) >= 11 is 0. The van der Waals surface area contributed by atoms with Crippen LogP contribution in [0.2, 0.25) is 0 Å². The predicted octanol–water partition coefficient (Wildman–Crippen LogP) is 5.09. The summed E-state index contributed by atoms with van der Waals surface area (Å²) in [7, 11) is 0. The van der Waals surface area contributed by atoms with E-state index < -0.39 is 5.97 Å². The van der Waals surface area contributed by atoms with Crippen molar-refractivity contribution in [1.82, 2.24) is 9.88 Å². The first-order chi connectivity index (χ1) is 17.4. The number of carbonyl (C=O) groups is 2. The zero-order chi connectivity index (χ0) is 25.3. The van der Waals surface area contributed by atoms with E-state index in [0.717, 1.165) is 42.7 Å². The second-order valence-electron chi connectivity index (χ2n) is 9.29. The maximum atomic E-state index is 12.6. The van der Waals surface area contributed by atoms with Crippen LogP contribution in [0.15, 0.2) is 66.9 Å². The average molecular weight is 489 g/mol. The highest BCUT2D eigenvalue weighted by Gasteiger charge is 2.24. The van der Waals surface area contributed by atoms with Gasteiger partial charge >= 0.3 is 12.1 Å². The molecule has 0 spiro atoms. The van der Waals surface area contributed by atoms with Crippen molar-refractivity contribution in [3.8, 4) is 11.5 Å². The zero-order valence-electron chi connectivity index (χ0n) is 20.6. The van der Waals surface area contributed by atoms with E-state index in [0.29, 0.717) is 31.4 Å². The minimum atomic E-state index is -0.849. The smallest absolute Gasteiger partial charge is 0.415 e. The fraction of sp³-hybridized carbons (Fsp3) is 0.345. The van der Waals surface area contributed by atoms with Crippen LogP contribution in [0.1, 0.15) is 35.2 Å². The molecule has 0 aliphatic carbocycles. The fourth-order valence-corrected chi connectivity index (χ4v) is 4.27. The molecule has 7 nitrogen and oxygen atoms in total. The van der Waals surface area contributed by atoms with Crippen LogP contribution >= 0.6 is 0 Å². The number of hydrogen-bond donors (Lipinski definition) is 1. The number of aliphatic carboxylic acids is 1. The Kier molecular flexibility index (Phi) is 8.55. The summed E-state index contributed by atoms with van der Waals surface area (Å²) in [5, 5.41) is 8.86. The first-order valence-corrected chi connectivity index (χ1v) is 12.4. The van der Waals surface area contributed by atoms with Gasteiger partial charge < -0.3 is 19.5 Å². The van der Waals surface area contributed by atoms with Gasteiger partial charge in [-0.25, -0.2) is 4.79 Å². The van der Waals surface area contributed by atoms with Crippen molar-refractivity contribution in [2.24, 2.45) is 5.92 Å². The number of hydrogen-bond acceptors (Lipinski definition) is 5. The van der Waals surface area contributed by atoms with E-state index >= 15 is 0 Å². The molecule has 7 heteroatoms. The highest BCUT2D eigenvalue weighted by atomic mass is 16.6. The number of piperidine rings is 1. The minimum absolute atomic E-state index is 0.00466. The van der Waals surface area contributed by atoms with Gasteiger partial charge in [0.2, 0.25) is 0 Å². The molecule has 1 N–H and O–H groups in total. The molecule has 4 rings (SSSR count). The van der Waals surface area contributed by atoms with E-state index in [2.05, 4.69) is 18.0 Å². The van der Waals surface area contributed by atoms with E-state index in [1.54, 1.807) is 29.2 Å². The van der Waals surface area contributed by atoms with Crippen molar-refractivity contribution in [2.75, 3.05) is 19.7 Å². The maximum Gasteiger partial charge on any atom is 0.415 e. The van der Waals surface area contributed by atoms with Crippen molar-refractivity contribution in [2.45, 2.75) is 39.0 Å². The molecular formula is C29H32N2O5. The Bertz CT molecular complexity index is 1150. The summed E-state index contributed by atoms with van der Waals surface area (Å²) < 4.78 is 11.5. The van der Waals surface area contributed by atoms with Crippen LogP contribution in [0.4, 0.5) is 4.79 Å². The maximum absolute atomic E-state index is 12.6. The third-order valence-electron chi connectivity index (χ3n) is 6.41. The van der Waals surface area contributed by atoms with Gasteiger partial charge in [-0.15, -0.1) is 0 Å². The fourth-order valence-electron chi connectivity index (χ4n) is 4.27. The van der Waals surface area contributed by atoms with Gasteiger partial charge in [-0.2, -0.15) is 0 Å². The lowest BCUT2D eigenvalue weighted by atomic mass is 9.98. The zero-order valence-corrected chi connectivity index (χ0v) is 20.6. The van der Waals surface area contributed by atoms with E-state index in [1.807, 2.05) is 36.5 Å². The molecule has 1 aliphatic rings. The third-order valence-corrected chi connectivity index (χ3v) is 6.41. The van der Waals surface area contributed by atoms with Gasteiger partial charge in [-0.3, -0.25) is 9.78 Å². The van der Waals surface area contributed by atoms with Crippen molar-refractivity contribution in [1.29, 1.82) is 0 Å². The van der Waals surface area contributed by atoms with E-state index in [4.69, 9.17) is 14.6 Å². The van der Waals surface area contributed by atoms with Crippen molar-refractivity contribution >= 4 is 12.1 Å². The first kappa shape index (κ1) is 25.2. The number of aromatic nitrogens is 1. The lowest BCUT2D eigenvalue weighted by Gasteiger charge is -2.31. The number of rotatable bonds is 9. The SMILES string of the molecule is Cc1ccnc(CCc2ccc(OC(=O)N3CCC(COc4ccc(CC(=O)O)cc4)CC3)cc2)c1. The number of benzene rings is 2. The third kappa shape index (κ3) is 7.57. The summed E-state index contributed by atoms with van der Waals surface area (Å²) in [4.78, 5) is 29.5. The topological polar surface area (TPSA) is 89.0 Å². The Morgan fingerprint density at radius 3 is 2.28 bits per heavy atom. The van der Waals surface area contributed by atoms with E-state index in [-0.39, 0.29) is 12.5 Å². The molecule has 0 bridgehead atoms. The first-order valence-electron chi connectivity index (χ1n) is 12.4. The van der Waals surface area contributed by atoms with Crippen LogP contribution in [-0.4, -0.2) is 46.7 Å². The molecular weight excluding hydrogens is 456 g/mol. The molecule has 1 amide bonds. The standard InChI is InChI=1S/C29H32N2O5/c1-21-12-15-30-25(18-21)7-2-22-3-10-27(11-4-22)36-29(34)31-16-13-24(14-17-31)20-35-26-8-5-23(6-9-26)19-28(32)33/h3-6,8-12,15,18,24H,2,7,13-14,16-17,19-20H2,1H3,(H,32,33). The molecule has 1 saturated heterocycles. The molecule has 188 valence electrons. The Hall–Kier alpha value is -3.87. The lowest BCUT2D eigenvalue weighted by molar-refractivity contribution is -0.136. The monoisotopic (exact) mass is 488 g/mol. The van der Waals surface area contributed by atoms with Crippen LogP contribution in [0.5, 0.6) is 11.5 Å². The summed E-state index contributed by atoms with van der Waals surface area (Å²) in [5.41, 5.74) is 4.21. The number of pyridine rings is 1. The highest BCUT2D eigenvalue weighted by molar-refractivity contribution is 5.71. The average Bonchev–Trinajstić information content (AvgIpc) is 2.88. The molecule has 0 radical (unpaired) electrons. The van der Waals surface area contributed by atoms with Gasteiger partial charge in [0.15, 0.2) is 0 Å². The molecule has 2 heterocycles. The second-order valence-corrected chi connectivity index (χ2v) is 9.29. The predicted molar refractivity (Wildman–Crippen MR) is 136 cm³/mol. The molecule has 0 atom stereocenters. The Morgan fingerprint density at radius 2 is 1.61 bits per heavy atom. The largest absolute Gasteiger partial charge is 0.493 e. The number of nitrogens with zero attached hydrogens (tertiary/aromatic N) is 2. The quantitative estimate of drug-likeness (QED) is 0.451. The van der Waals surface area contributed by atoms with Gasteiger partial charge in [0.1, 0.15) is 11.5 Å². The van der Waals surface area contributed by atoms with E-state index in [9.17, 15) is 9.59 Å². The number of amides is 1. The number of carbonyl (C=O) groups excluding carboxylic acids is 1. The van der Waals surface area contributed by atoms with Crippen LogP contribution in [0.3, 0.4) is 0 Å². The van der Waals surface area contributed by atoms with Crippen molar-refractivity contribution in [3.63, 3.8) is 0 Å². The minimum Gasteiger partial charge on any atom is -0.493 e. The molecule has 1 fully saturated rings. The van der Waals surface area contributed by atoms with Gasteiger partial charge in [-0.05, 0) is 91.6 Å². The molecule has 0 unspecified atom stereocenters. The Labute approximate surface area is 211 Å². The van der Waals surface area contributed by atoms with Crippen molar-refractivity contribution < 1.29 is 24.2 Å². The molecule has 1 aliphatic heterocycles. The summed E-state index contributed by atoms with van der Waals surface area (Å²) in [5.74, 6) is 0.784. The van der Waals surface area contributed by atoms with Gasteiger partial charge in [-0.1, -0.05) is 24.3 Å². The number of likely N-dealkylation sites (tertiary alicyclic amines) is 1. The van der Waals surface area contributed by atoms with Crippen LogP contribution in [-0.2, 0) is 24.1 Å². The Morgan fingerprint density at radius 1 is 0.944 bits per heavy atom. The number of carboxylic acid groups (broad SMARTS) is 1. The molecule has 1 aromatic heterocycles. The summed E-state index contributed by atoms with van der Waals surface area (Å²) in [6.07, 6.45) is 4.97. The Balaban J connectivity index is 1.17. The molecule has 2 aromatic carbocycles. The molecule has 36 heavy (non-hydrogen) atoms. The van der Waals surface area contributed by atoms with Crippen LogP contribution in [0, 0.1) is 12.8 Å². The number of aryl methyl sites for hydroxylation is 3. The molecule has 3 aromatic rings.